The predicted octanol–water partition coefficient (Wildman–Crippen LogP) is 3.07. The maximum Gasteiger partial charge on any atom is 0.311 e. The fourth-order valence-corrected chi connectivity index (χ4v) is 2.32. The molecule has 0 atom stereocenters. The Morgan fingerprint density at radius 1 is 1.00 bits per heavy atom. The summed E-state index contributed by atoms with van der Waals surface area (Å²) in [4.78, 5) is 26.3. The smallest absolute Gasteiger partial charge is 0.311 e. The molecule has 2 aromatic carbocycles. The quantitative estimate of drug-likeness (QED) is 0.752. The number of esters is 1. The van der Waals surface area contributed by atoms with E-state index in [2.05, 4.69) is 4.98 Å². The molecular weight excluding hydrogens is 278 g/mol. The second-order valence-corrected chi connectivity index (χ2v) is 5.00. The number of hydrogen-bond acceptors (Lipinski definition) is 3. The van der Waals surface area contributed by atoms with E-state index in [1.807, 2.05) is 48.5 Å². The van der Waals surface area contributed by atoms with Gasteiger partial charge in [0, 0.05) is 17.9 Å². The fraction of sp³-hybridized carbons (Fsp3) is 0.111. The molecule has 0 saturated carbocycles. The molecule has 4 heteroatoms. The number of rotatable bonds is 4. The van der Waals surface area contributed by atoms with E-state index in [4.69, 9.17) is 4.74 Å². The van der Waals surface area contributed by atoms with Crippen LogP contribution < -0.4 is 10.3 Å². The lowest BCUT2D eigenvalue weighted by molar-refractivity contribution is -0.134. The second-order valence-electron chi connectivity index (χ2n) is 5.00. The Morgan fingerprint density at radius 2 is 1.73 bits per heavy atom. The van der Waals surface area contributed by atoms with Gasteiger partial charge in [-0.1, -0.05) is 42.5 Å². The average molecular weight is 293 g/mol. The molecule has 110 valence electrons. The van der Waals surface area contributed by atoms with E-state index < -0.39 is 0 Å². The molecule has 0 bridgehead atoms. The van der Waals surface area contributed by atoms with Crippen LogP contribution in [0.3, 0.4) is 0 Å². The monoisotopic (exact) mass is 293 g/mol. The van der Waals surface area contributed by atoms with Crippen molar-refractivity contribution < 1.29 is 9.53 Å². The predicted molar refractivity (Wildman–Crippen MR) is 85.0 cm³/mol. The van der Waals surface area contributed by atoms with Crippen LogP contribution in [0, 0.1) is 0 Å². The van der Waals surface area contributed by atoms with E-state index in [-0.39, 0.29) is 17.9 Å². The lowest BCUT2D eigenvalue weighted by atomic mass is 10.1. The number of nitrogens with one attached hydrogen (secondary N) is 1. The van der Waals surface area contributed by atoms with Crippen molar-refractivity contribution in [2.24, 2.45) is 0 Å². The molecule has 0 aliphatic carbocycles. The third-order valence-electron chi connectivity index (χ3n) is 3.40. The SMILES string of the molecule is O=C(CCc1ccccc1)Oc1cc(=O)[nH]c2ccccc12. The summed E-state index contributed by atoms with van der Waals surface area (Å²) >= 11 is 0. The van der Waals surface area contributed by atoms with Crippen LogP contribution in [0.4, 0.5) is 0 Å². The van der Waals surface area contributed by atoms with Crippen LogP contribution in [0.5, 0.6) is 5.75 Å². The summed E-state index contributed by atoms with van der Waals surface area (Å²) in [5.41, 5.74) is 1.45. The molecule has 0 saturated heterocycles. The summed E-state index contributed by atoms with van der Waals surface area (Å²) in [6.07, 6.45) is 0.881. The molecule has 0 aliphatic heterocycles. The molecule has 3 rings (SSSR count). The van der Waals surface area contributed by atoms with Crippen molar-refractivity contribution in [2.45, 2.75) is 12.8 Å². The minimum absolute atomic E-state index is 0.269. The van der Waals surface area contributed by atoms with Gasteiger partial charge in [-0.15, -0.1) is 0 Å². The van der Waals surface area contributed by atoms with E-state index in [0.29, 0.717) is 17.7 Å². The van der Waals surface area contributed by atoms with Crippen molar-refractivity contribution in [3.05, 3.63) is 76.6 Å². The molecule has 0 unspecified atom stereocenters. The summed E-state index contributed by atoms with van der Waals surface area (Å²) in [6.45, 7) is 0. The minimum Gasteiger partial charge on any atom is -0.426 e. The minimum atomic E-state index is -0.348. The zero-order valence-corrected chi connectivity index (χ0v) is 11.9. The Balaban J connectivity index is 1.75. The normalized spacial score (nSPS) is 10.5. The molecule has 1 N–H and O–H groups in total. The van der Waals surface area contributed by atoms with E-state index in [9.17, 15) is 9.59 Å². The lowest BCUT2D eigenvalue weighted by Crippen LogP contribution is -2.12. The van der Waals surface area contributed by atoms with Gasteiger partial charge in [0.15, 0.2) is 0 Å². The average Bonchev–Trinajstić information content (AvgIpc) is 2.54. The molecule has 1 heterocycles. The van der Waals surface area contributed by atoms with Crippen molar-refractivity contribution in [1.82, 2.24) is 4.98 Å². The summed E-state index contributed by atoms with van der Waals surface area (Å²) in [5, 5.41) is 0.718. The first-order chi connectivity index (χ1) is 10.7. The number of carbonyl (C=O) groups is 1. The highest BCUT2D eigenvalue weighted by molar-refractivity contribution is 5.87. The first-order valence-electron chi connectivity index (χ1n) is 7.09. The van der Waals surface area contributed by atoms with E-state index in [0.717, 1.165) is 10.9 Å². The van der Waals surface area contributed by atoms with Crippen molar-refractivity contribution in [3.8, 4) is 5.75 Å². The van der Waals surface area contributed by atoms with Crippen molar-refractivity contribution in [1.29, 1.82) is 0 Å². The molecule has 3 aromatic rings. The van der Waals surface area contributed by atoms with E-state index in [1.165, 1.54) is 6.07 Å². The fourth-order valence-electron chi connectivity index (χ4n) is 2.32. The maximum absolute atomic E-state index is 12.0. The van der Waals surface area contributed by atoms with Gasteiger partial charge >= 0.3 is 5.97 Å². The number of ether oxygens (including phenoxy) is 1. The number of H-pyrrole nitrogens is 1. The number of carbonyl (C=O) groups excluding carboxylic acids is 1. The molecule has 0 amide bonds. The van der Waals surface area contributed by atoms with Crippen molar-refractivity contribution in [2.75, 3.05) is 0 Å². The zero-order chi connectivity index (χ0) is 15.4. The summed E-state index contributed by atoms with van der Waals surface area (Å²) in [7, 11) is 0. The Bertz CT molecular complexity index is 853. The molecule has 0 aliphatic rings. The number of fused-ring (bicyclic) bond motifs is 1. The highest BCUT2D eigenvalue weighted by Gasteiger charge is 2.10. The van der Waals surface area contributed by atoms with Gasteiger partial charge in [-0.2, -0.15) is 0 Å². The van der Waals surface area contributed by atoms with Crippen LogP contribution in [-0.4, -0.2) is 11.0 Å². The molecule has 0 spiro atoms. The summed E-state index contributed by atoms with van der Waals surface area (Å²) < 4.78 is 5.37. The molecule has 22 heavy (non-hydrogen) atoms. The van der Waals surface area contributed by atoms with Crippen LogP contribution in [0.15, 0.2) is 65.5 Å². The van der Waals surface area contributed by atoms with Crippen LogP contribution >= 0.6 is 0 Å². The van der Waals surface area contributed by atoms with Gasteiger partial charge in [0.05, 0.1) is 5.52 Å². The third kappa shape index (κ3) is 3.23. The first-order valence-corrected chi connectivity index (χ1v) is 7.09. The number of benzene rings is 2. The van der Waals surface area contributed by atoms with Crippen LogP contribution in [0.1, 0.15) is 12.0 Å². The van der Waals surface area contributed by atoms with Crippen LogP contribution in [-0.2, 0) is 11.2 Å². The van der Waals surface area contributed by atoms with Crippen molar-refractivity contribution >= 4 is 16.9 Å². The topological polar surface area (TPSA) is 59.2 Å². The number of para-hydroxylation sites is 1. The van der Waals surface area contributed by atoms with E-state index >= 15 is 0 Å². The number of hydrogen-bond donors (Lipinski definition) is 1. The van der Waals surface area contributed by atoms with Gasteiger partial charge in [-0.05, 0) is 24.1 Å². The first kappa shape index (κ1) is 14.1. The third-order valence-corrected chi connectivity index (χ3v) is 3.40. The second kappa shape index (κ2) is 6.26. The van der Waals surface area contributed by atoms with Gasteiger partial charge in [0.1, 0.15) is 5.75 Å². The lowest BCUT2D eigenvalue weighted by Gasteiger charge is -2.07. The zero-order valence-electron chi connectivity index (χ0n) is 11.9. The highest BCUT2D eigenvalue weighted by Crippen LogP contribution is 2.22. The van der Waals surface area contributed by atoms with Gasteiger partial charge in [-0.25, -0.2) is 0 Å². The standard InChI is InChI=1S/C18H15NO3/c20-17-12-16(14-8-4-5-9-15(14)19-17)22-18(21)11-10-13-6-2-1-3-7-13/h1-9,12H,10-11H2,(H,19,20). The molecule has 0 radical (unpaired) electrons. The number of pyridine rings is 1. The Kier molecular flexibility index (Phi) is 4.01. The molecular formula is C18H15NO3. The van der Waals surface area contributed by atoms with Gasteiger partial charge in [0.25, 0.3) is 5.56 Å². The largest absolute Gasteiger partial charge is 0.426 e. The van der Waals surface area contributed by atoms with Crippen LogP contribution in [0.25, 0.3) is 10.9 Å². The number of aromatic nitrogens is 1. The Labute approximate surface area is 127 Å². The maximum atomic E-state index is 12.0. The van der Waals surface area contributed by atoms with Gasteiger partial charge in [-0.3, -0.25) is 9.59 Å². The molecule has 4 nitrogen and oxygen atoms in total. The van der Waals surface area contributed by atoms with Crippen LogP contribution in [0.2, 0.25) is 0 Å². The summed E-state index contributed by atoms with van der Waals surface area (Å²) in [6, 6.07) is 18.3. The van der Waals surface area contributed by atoms with E-state index in [1.54, 1.807) is 6.07 Å². The number of aromatic amines is 1. The molecule has 1 aromatic heterocycles. The number of aryl methyl sites for hydroxylation is 1. The highest BCUT2D eigenvalue weighted by atomic mass is 16.5. The Morgan fingerprint density at radius 3 is 2.55 bits per heavy atom. The Hall–Kier alpha value is -2.88. The summed E-state index contributed by atoms with van der Waals surface area (Å²) in [5.74, 6) is -0.0444. The van der Waals surface area contributed by atoms with Gasteiger partial charge in [0.2, 0.25) is 0 Å². The van der Waals surface area contributed by atoms with Crippen molar-refractivity contribution in [3.63, 3.8) is 0 Å². The van der Waals surface area contributed by atoms with Gasteiger partial charge < -0.3 is 9.72 Å². The molecule has 0 fully saturated rings.